The molecule has 2 aromatic heterocycles. The third-order valence-electron chi connectivity index (χ3n) is 18.3. The van der Waals surface area contributed by atoms with Crippen molar-refractivity contribution >= 4 is 109 Å². The molecule has 0 aliphatic carbocycles. The minimum Gasteiger partial charge on any atom is -0.370 e. The molecule has 588 valence electrons. The van der Waals surface area contributed by atoms with Crippen molar-refractivity contribution in [2.24, 2.45) is 28.7 Å². The lowest BCUT2D eigenvalue weighted by molar-refractivity contribution is -0.137. The Morgan fingerprint density at radius 3 is 1.51 bits per heavy atom. The second-order valence-corrected chi connectivity index (χ2v) is 29.1. The van der Waals surface area contributed by atoms with Gasteiger partial charge in [0.15, 0.2) is 11.3 Å². The molecular formula is C70H109N23O12S2. The fraction of sp³-hybridized carbons (Fsp3) is 0.571. The number of aromatic amines is 2. The van der Waals surface area contributed by atoms with Crippen LogP contribution in [0, 0.1) is 5.41 Å². The summed E-state index contributed by atoms with van der Waals surface area (Å²) in [6, 6.07) is 1.87. The molecule has 2 aliphatic heterocycles. The normalized spacial score (nSPS) is 24.1. The number of unbranched alkanes of at least 4 members (excludes halogenated alkanes) is 3. The van der Waals surface area contributed by atoms with Crippen LogP contribution in [0.5, 0.6) is 0 Å². The number of guanidine groups is 1. The van der Waals surface area contributed by atoms with Gasteiger partial charge >= 0.3 is 6.03 Å². The zero-order valence-electron chi connectivity index (χ0n) is 61.0. The van der Waals surface area contributed by atoms with Gasteiger partial charge in [0.05, 0.1) is 24.2 Å². The number of H-pyrrole nitrogens is 2. The molecule has 2 saturated heterocycles. The molecule has 0 spiro atoms. The highest BCUT2D eigenvalue weighted by molar-refractivity contribution is 8.76. The molecule has 26 N–H and O–H groups in total. The number of aromatic nitrogens is 3. The maximum atomic E-state index is 15.2. The van der Waals surface area contributed by atoms with E-state index in [1.807, 2.05) is 24.3 Å². The van der Waals surface area contributed by atoms with Gasteiger partial charge in [0.25, 0.3) is 5.91 Å². The van der Waals surface area contributed by atoms with E-state index in [9.17, 15) is 38.4 Å². The number of fused-ring (bicyclic) bond motifs is 2. The number of para-hydroxylation sites is 1. The van der Waals surface area contributed by atoms with Crippen LogP contribution in [0.25, 0.3) is 10.9 Å². The monoisotopic (exact) mass is 1530 g/mol. The fourth-order valence-corrected chi connectivity index (χ4v) is 14.0. The Hall–Kier alpha value is -9.56. The highest BCUT2D eigenvalue weighted by atomic mass is 33.1. The van der Waals surface area contributed by atoms with Gasteiger partial charge in [-0.05, 0) is 166 Å². The average Bonchev–Trinajstić information content (AvgIpc) is 1.81. The summed E-state index contributed by atoms with van der Waals surface area (Å²) < 4.78 is 0. The van der Waals surface area contributed by atoms with E-state index in [4.69, 9.17) is 34.1 Å². The molecule has 4 aromatic rings. The number of nitrogens with two attached hydrogens (primary N) is 5. The summed E-state index contributed by atoms with van der Waals surface area (Å²) in [5, 5.41) is 43.5. The molecule has 4 heterocycles. The summed E-state index contributed by atoms with van der Waals surface area (Å²) >= 11 is 0. The van der Waals surface area contributed by atoms with Gasteiger partial charge in [-0.1, -0.05) is 70.1 Å². The van der Waals surface area contributed by atoms with Crippen molar-refractivity contribution in [3.8, 4) is 0 Å². The van der Waals surface area contributed by atoms with Crippen molar-refractivity contribution in [3.05, 3.63) is 90.1 Å². The van der Waals surface area contributed by atoms with E-state index >= 15 is 19.2 Å². The third kappa shape index (κ3) is 28.9. The lowest BCUT2D eigenvalue weighted by Gasteiger charge is -2.33. The van der Waals surface area contributed by atoms with Crippen molar-refractivity contribution in [1.82, 2.24) is 89.0 Å². The SMILES string of the molecule is CSSC1NC(=O)[C@H](CCCNC(=N)N)NC(=O)[C@H](CCCCN)NC(=O)[C@H](CCCCN)NC(=O)[C@H](CCCCN)NC(=O)[C@H](C)NC(=O)[C@H](C)NC(=O)[C@H](CCc2c[nH]c3ccccc23)NC(=O)[C@H](CCCNC(N)=O)NC(=O)[C@@H](Cc2ccccc2)NC(=O)[C@H](Cc2c[nH]cn2)N[C@@H]2CCCN2C1=O. The molecular weight excluding hydrogens is 1420 g/mol. The van der Waals surface area contributed by atoms with Crippen LogP contribution < -0.4 is 97.8 Å². The van der Waals surface area contributed by atoms with Gasteiger partial charge in [-0.2, -0.15) is 0 Å². The van der Waals surface area contributed by atoms with E-state index in [1.165, 1.54) is 35.9 Å². The second-order valence-electron chi connectivity index (χ2n) is 26.6. The highest BCUT2D eigenvalue weighted by Gasteiger charge is 2.40. The van der Waals surface area contributed by atoms with Crippen LogP contribution in [0.4, 0.5) is 4.79 Å². The number of urea groups is 1. The summed E-state index contributed by atoms with van der Waals surface area (Å²) in [4.78, 5) is 186. The summed E-state index contributed by atoms with van der Waals surface area (Å²) in [7, 11) is 2.20. The van der Waals surface area contributed by atoms with Gasteiger partial charge in [-0.25, -0.2) is 9.78 Å². The molecule has 13 amide bonds. The van der Waals surface area contributed by atoms with E-state index in [2.05, 4.69) is 84.1 Å². The number of carbonyl (C=O) groups excluding carboxylic acids is 12. The summed E-state index contributed by atoms with van der Waals surface area (Å²) in [6.07, 6.45) is 8.81. The number of nitrogens with zero attached hydrogens (tertiary/aromatic N) is 2. The number of aryl methyl sites for hydroxylation is 1. The topological polar surface area (TPSA) is 563 Å². The third-order valence-corrected chi connectivity index (χ3v) is 20.2. The van der Waals surface area contributed by atoms with E-state index in [0.717, 1.165) is 27.3 Å². The first-order chi connectivity index (χ1) is 51.4. The van der Waals surface area contributed by atoms with Crippen molar-refractivity contribution in [2.75, 3.05) is 45.5 Å². The van der Waals surface area contributed by atoms with Gasteiger partial charge in [-0.3, -0.25) is 63.5 Å². The van der Waals surface area contributed by atoms with Crippen LogP contribution in [0.2, 0.25) is 0 Å². The first kappa shape index (κ1) is 86.4. The van der Waals surface area contributed by atoms with E-state index in [0.29, 0.717) is 62.6 Å². The summed E-state index contributed by atoms with van der Waals surface area (Å²) in [5.74, 6) is -8.93. The zero-order chi connectivity index (χ0) is 77.8. The standard InChI is InChI=1S/C70H109N23O12S2/c1-41-57(94)82-42(2)58(95)85-48(22-9-12-30-71)60(97)86-49(23-10-13-31-72)61(98)87-50(24-11-14-32-73)62(99)88-52(25-15-33-78-69(74)75)64(101)92-67(107-106-3)68(104)93-35-17-27-56(93)84-55(37-45-39-77-40-81-45)66(103)91-54(36-43-18-5-4-6-19-43)65(102)89-51(26-16-34-79-70(76)105)63(100)90-53(59(96)83-41)29-28-44-38-80-47-21-8-7-20-46(44)47/h4-8,18-21,38-42,48-56,67,80,84H,9-17,22-37,71-73H2,1-3H3,(H,77,81)(H,82,94)(H,83,96)(H,85,95)(H,86,97)(H,87,98)(H,88,99)(H,89,102)(H,90,100)(H,91,103)(H,92,101)(H4,74,75,78)(H3,76,79,105)/t41-,42-,48-,49-,50-,51-,52-,53-,54+,55-,56-,67?/m0/s1. The minimum atomic E-state index is -1.45. The predicted molar refractivity (Wildman–Crippen MR) is 407 cm³/mol. The predicted octanol–water partition coefficient (Wildman–Crippen LogP) is -1.82. The average molecular weight is 1530 g/mol. The van der Waals surface area contributed by atoms with Crippen LogP contribution in [0.3, 0.4) is 0 Å². The Kier molecular flexibility index (Phi) is 37.0. The Bertz CT molecular complexity index is 3580. The quantitative estimate of drug-likeness (QED) is 0.0123. The number of rotatable bonds is 29. The molecule has 2 aliphatic rings. The number of hydrogen-bond acceptors (Lipinski definition) is 20. The van der Waals surface area contributed by atoms with E-state index < -0.39 is 143 Å². The van der Waals surface area contributed by atoms with Crippen molar-refractivity contribution in [1.29, 1.82) is 5.41 Å². The largest absolute Gasteiger partial charge is 0.370 e. The van der Waals surface area contributed by atoms with Crippen molar-refractivity contribution < 1.29 is 57.5 Å². The molecule has 2 aromatic carbocycles. The van der Waals surface area contributed by atoms with Crippen molar-refractivity contribution in [3.63, 3.8) is 0 Å². The molecule has 12 atom stereocenters. The maximum absolute atomic E-state index is 15.2. The lowest BCUT2D eigenvalue weighted by atomic mass is 10.0. The molecule has 0 bridgehead atoms. The number of benzene rings is 2. The van der Waals surface area contributed by atoms with Gasteiger partial charge in [0.2, 0.25) is 59.1 Å². The first-order valence-electron chi connectivity index (χ1n) is 36.5. The molecule has 35 nitrogen and oxygen atoms in total. The Balaban J connectivity index is 1.43. The number of hydrogen-bond donors (Lipinski definition) is 21. The number of nitrogens with one attached hydrogen (secondary N) is 16. The maximum Gasteiger partial charge on any atom is 0.312 e. The van der Waals surface area contributed by atoms with Gasteiger partial charge in [0, 0.05) is 55.8 Å². The van der Waals surface area contributed by atoms with E-state index in [1.54, 1.807) is 49.0 Å². The first-order valence-corrected chi connectivity index (χ1v) is 39.1. The lowest BCUT2D eigenvalue weighted by Crippen LogP contribution is -2.61. The van der Waals surface area contributed by atoms with Gasteiger partial charge in [-0.15, -0.1) is 0 Å². The van der Waals surface area contributed by atoms with Crippen LogP contribution in [-0.4, -0.2) is 214 Å². The van der Waals surface area contributed by atoms with Crippen molar-refractivity contribution in [2.45, 2.75) is 208 Å². The smallest absolute Gasteiger partial charge is 0.312 e. The van der Waals surface area contributed by atoms with Crippen LogP contribution >= 0.6 is 21.6 Å². The van der Waals surface area contributed by atoms with Crippen LogP contribution in [0.1, 0.15) is 133 Å². The number of amides is 13. The van der Waals surface area contributed by atoms with Gasteiger partial charge < -0.3 is 107 Å². The molecule has 2 fully saturated rings. The number of imidazole rings is 1. The molecule has 6 rings (SSSR count). The molecule has 0 radical (unpaired) electrons. The highest BCUT2D eigenvalue weighted by Crippen LogP contribution is 2.28. The minimum absolute atomic E-state index is 0.0251. The van der Waals surface area contributed by atoms with E-state index in [-0.39, 0.29) is 116 Å². The molecule has 107 heavy (non-hydrogen) atoms. The van der Waals surface area contributed by atoms with Gasteiger partial charge in [0.1, 0.15) is 54.4 Å². The Labute approximate surface area is 630 Å². The zero-order valence-corrected chi connectivity index (χ0v) is 62.7. The van der Waals surface area contributed by atoms with Crippen LogP contribution in [0.15, 0.2) is 73.3 Å². The molecule has 37 heteroatoms. The Morgan fingerprint density at radius 2 is 0.991 bits per heavy atom. The number of carbonyl (C=O) groups is 12. The number of primary amides is 1. The molecule has 0 saturated carbocycles. The van der Waals surface area contributed by atoms with Crippen LogP contribution in [-0.2, 0) is 72.0 Å². The summed E-state index contributed by atoms with van der Waals surface area (Å²) in [5.41, 5.74) is 31.3. The second kappa shape index (κ2) is 45.8. The summed E-state index contributed by atoms with van der Waals surface area (Å²) in [6.45, 7) is 3.68. The Morgan fingerprint density at radius 1 is 0.533 bits per heavy atom. The fourth-order valence-electron chi connectivity index (χ4n) is 12.4. The molecule has 1 unspecified atom stereocenters.